The van der Waals surface area contributed by atoms with Gasteiger partial charge in [-0.25, -0.2) is 4.79 Å². The molecule has 0 atom stereocenters. The van der Waals surface area contributed by atoms with Gasteiger partial charge in [0.1, 0.15) is 11.4 Å². The largest absolute Gasteiger partial charge is 0.496 e. The Bertz CT molecular complexity index is 614. The second-order valence-electron chi connectivity index (χ2n) is 6.61. The second-order valence-corrected chi connectivity index (χ2v) is 6.61. The van der Waals surface area contributed by atoms with E-state index in [-0.39, 0.29) is 6.09 Å². The molecule has 4 nitrogen and oxygen atoms in total. The van der Waals surface area contributed by atoms with Gasteiger partial charge in [0.15, 0.2) is 0 Å². The van der Waals surface area contributed by atoms with E-state index in [1.807, 2.05) is 26.8 Å². The zero-order valence-corrected chi connectivity index (χ0v) is 13.0. The Morgan fingerprint density at radius 1 is 1.19 bits per heavy atom. The molecular formula is C17H21NO3. The smallest absolute Gasteiger partial charge is 0.410 e. The van der Waals surface area contributed by atoms with Crippen LogP contribution in [0.4, 0.5) is 4.79 Å². The van der Waals surface area contributed by atoms with Crippen LogP contribution in [0.3, 0.4) is 0 Å². The van der Waals surface area contributed by atoms with E-state index in [1.165, 1.54) is 16.7 Å². The SMILES string of the molecule is COC1=C2C=CC3=C(C2)C(=C1)CN(C(=O)OC(C)(C)C)C3. The lowest BCUT2D eigenvalue weighted by Gasteiger charge is -2.36. The third-order valence-corrected chi connectivity index (χ3v) is 3.84. The summed E-state index contributed by atoms with van der Waals surface area (Å²) in [5.74, 6) is 0.898. The molecule has 1 aliphatic heterocycles. The Labute approximate surface area is 125 Å². The summed E-state index contributed by atoms with van der Waals surface area (Å²) in [5, 5.41) is 0. The summed E-state index contributed by atoms with van der Waals surface area (Å²) < 4.78 is 10.9. The standard InChI is InChI=1S/C17H21NO3/c1-17(2,3)21-16(19)18-9-12-6-5-11-7-14(12)13(10-18)8-15(11)20-4/h5-6,8H,7,9-10H2,1-4H3. The molecule has 21 heavy (non-hydrogen) atoms. The van der Waals surface area contributed by atoms with Gasteiger partial charge in [0.25, 0.3) is 0 Å². The van der Waals surface area contributed by atoms with Crippen molar-refractivity contribution in [3.63, 3.8) is 0 Å². The third kappa shape index (κ3) is 2.62. The van der Waals surface area contributed by atoms with E-state index in [1.54, 1.807) is 12.0 Å². The minimum atomic E-state index is -0.472. The number of hydrogen-bond acceptors (Lipinski definition) is 3. The highest BCUT2D eigenvalue weighted by atomic mass is 16.6. The zero-order valence-electron chi connectivity index (χ0n) is 13.0. The minimum absolute atomic E-state index is 0.261. The van der Waals surface area contributed by atoms with Gasteiger partial charge < -0.3 is 9.47 Å². The molecule has 0 aromatic heterocycles. The Kier molecular flexibility index (Phi) is 3.19. The fourth-order valence-electron chi connectivity index (χ4n) is 2.89. The van der Waals surface area contributed by atoms with Gasteiger partial charge in [-0.05, 0) is 49.1 Å². The highest BCUT2D eigenvalue weighted by molar-refractivity contribution is 5.72. The molecule has 0 radical (unpaired) electrons. The number of carbonyl (C=O) groups is 1. The van der Waals surface area contributed by atoms with Gasteiger partial charge in [-0.15, -0.1) is 0 Å². The van der Waals surface area contributed by atoms with Gasteiger partial charge in [-0.1, -0.05) is 12.2 Å². The van der Waals surface area contributed by atoms with Crippen molar-refractivity contribution in [1.82, 2.24) is 4.90 Å². The first-order valence-electron chi connectivity index (χ1n) is 7.23. The first-order valence-corrected chi connectivity index (χ1v) is 7.23. The number of fused-ring (bicyclic) bond motifs is 1. The van der Waals surface area contributed by atoms with E-state index in [2.05, 4.69) is 12.2 Å². The number of rotatable bonds is 1. The van der Waals surface area contributed by atoms with E-state index < -0.39 is 5.60 Å². The highest BCUT2D eigenvalue weighted by Gasteiger charge is 2.32. The van der Waals surface area contributed by atoms with E-state index in [9.17, 15) is 4.79 Å². The number of carbonyl (C=O) groups excluding carboxylic acids is 1. The summed E-state index contributed by atoms with van der Waals surface area (Å²) >= 11 is 0. The summed E-state index contributed by atoms with van der Waals surface area (Å²) in [6.45, 7) is 6.86. The molecule has 1 amide bonds. The molecule has 4 heteroatoms. The molecule has 0 saturated heterocycles. The maximum atomic E-state index is 12.3. The molecule has 0 aromatic carbocycles. The van der Waals surface area contributed by atoms with Gasteiger partial charge >= 0.3 is 6.09 Å². The lowest BCUT2D eigenvalue weighted by Crippen LogP contribution is -2.42. The number of nitrogens with zero attached hydrogens (tertiary/aromatic N) is 1. The van der Waals surface area contributed by atoms with Crippen LogP contribution < -0.4 is 0 Å². The maximum Gasteiger partial charge on any atom is 0.410 e. The predicted molar refractivity (Wildman–Crippen MR) is 80.7 cm³/mol. The molecule has 0 N–H and O–H groups in total. The van der Waals surface area contributed by atoms with Gasteiger partial charge in [0.05, 0.1) is 7.11 Å². The van der Waals surface area contributed by atoms with Gasteiger partial charge in [0.2, 0.25) is 0 Å². The Balaban J connectivity index is 1.87. The van der Waals surface area contributed by atoms with Crippen LogP contribution in [0, 0.1) is 0 Å². The molecule has 0 fully saturated rings. The summed E-state index contributed by atoms with van der Waals surface area (Å²) in [5.41, 5.74) is 4.45. The molecule has 3 aliphatic rings. The fraction of sp³-hybridized carbons (Fsp3) is 0.471. The van der Waals surface area contributed by atoms with Crippen LogP contribution >= 0.6 is 0 Å². The second kappa shape index (κ2) is 4.79. The van der Waals surface area contributed by atoms with Crippen LogP contribution in [0.1, 0.15) is 27.2 Å². The molecule has 2 aliphatic carbocycles. The number of methoxy groups -OCH3 is 1. The molecule has 112 valence electrons. The first-order chi connectivity index (χ1) is 9.87. The average Bonchev–Trinajstić information content (AvgIpc) is 2.43. The molecule has 0 aromatic rings. The molecular weight excluding hydrogens is 266 g/mol. The number of allylic oxidation sites excluding steroid dienone is 3. The van der Waals surface area contributed by atoms with Crippen LogP contribution in [0.15, 0.2) is 46.3 Å². The van der Waals surface area contributed by atoms with Crippen molar-refractivity contribution in [3.8, 4) is 0 Å². The summed E-state index contributed by atoms with van der Waals surface area (Å²) in [6, 6.07) is 0. The van der Waals surface area contributed by atoms with Crippen molar-refractivity contribution < 1.29 is 14.3 Å². The summed E-state index contributed by atoms with van der Waals surface area (Å²) in [6.07, 6.45) is 6.87. The molecule has 0 saturated carbocycles. The average molecular weight is 287 g/mol. The third-order valence-electron chi connectivity index (χ3n) is 3.84. The van der Waals surface area contributed by atoms with Gasteiger partial charge in [0, 0.05) is 19.5 Å². The van der Waals surface area contributed by atoms with Gasteiger partial charge in [-0.2, -0.15) is 0 Å². The maximum absolute atomic E-state index is 12.3. The van der Waals surface area contributed by atoms with Crippen molar-refractivity contribution >= 4 is 6.09 Å². The molecule has 0 unspecified atom stereocenters. The highest BCUT2D eigenvalue weighted by Crippen LogP contribution is 2.39. The zero-order chi connectivity index (χ0) is 15.2. The summed E-state index contributed by atoms with van der Waals surface area (Å²) in [4.78, 5) is 14.1. The topological polar surface area (TPSA) is 38.8 Å². The Morgan fingerprint density at radius 2 is 1.90 bits per heavy atom. The van der Waals surface area contributed by atoms with Crippen molar-refractivity contribution in [1.29, 1.82) is 0 Å². The van der Waals surface area contributed by atoms with Crippen molar-refractivity contribution in [2.24, 2.45) is 0 Å². The molecule has 2 bridgehead atoms. The van der Waals surface area contributed by atoms with E-state index >= 15 is 0 Å². The van der Waals surface area contributed by atoms with Crippen LogP contribution in [0.25, 0.3) is 0 Å². The lowest BCUT2D eigenvalue weighted by atomic mass is 9.81. The number of hydrogen-bond donors (Lipinski definition) is 0. The van der Waals surface area contributed by atoms with Crippen LogP contribution in [-0.4, -0.2) is 36.8 Å². The lowest BCUT2D eigenvalue weighted by molar-refractivity contribution is 0.0279. The molecule has 0 spiro atoms. The Morgan fingerprint density at radius 3 is 2.57 bits per heavy atom. The van der Waals surface area contributed by atoms with Crippen LogP contribution in [-0.2, 0) is 9.47 Å². The summed E-state index contributed by atoms with van der Waals surface area (Å²) in [7, 11) is 1.69. The number of ether oxygens (including phenoxy) is 2. The fourth-order valence-corrected chi connectivity index (χ4v) is 2.89. The molecule has 1 heterocycles. The number of amides is 1. The molecule has 3 rings (SSSR count). The van der Waals surface area contributed by atoms with E-state index in [4.69, 9.17) is 9.47 Å². The van der Waals surface area contributed by atoms with E-state index in [0.717, 1.165) is 17.8 Å². The Hall–Kier alpha value is -1.97. The normalized spacial score (nSPS) is 20.6. The van der Waals surface area contributed by atoms with E-state index in [0.29, 0.717) is 13.1 Å². The van der Waals surface area contributed by atoms with Crippen LogP contribution in [0.2, 0.25) is 0 Å². The van der Waals surface area contributed by atoms with Gasteiger partial charge in [-0.3, -0.25) is 4.90 Å². The monoisotopic (exact) mass is 287 g/mol. The quantitative estimate of drug-likeness (QED) is 0.742. The minimum Gasteiger partial charge on any atom is -0.496 e. The predicted octanol–water partition coefficient (Wildman–Crippen LogP) is 3.33. The first kappa shape index (κ1) is 14.0. The van der Waals surface area contributed by atoms with Crippen LogP contribution in [0.5, 0.6) is 0 Å². The van der Waals surface area contributed by atoms with Crippen molar-refractivity contribution in [2.45, 2.75) is 32.8 Å². The van der Waals surface area contributed by atoms with Crippen molar-refractivity contribution in [3.05, 3.63) is 46.3 Å². The van der Waals surface area contributed by atoms with Crippen molar-refractivity contribution in [2.75, 3.05) is 20.2 Å².